The number of aryl methyl sites for hydroxylation is 2. The minimum Gasteiger partial charge on any atom is -0.324 e. The van der Waals surface area contributed by atoms with Gasteiger partial charge in [0.2, 0.25) is 5.95 Å². The lowest BCUT2D eigenvalue weighted by Crippen LogP contribution is -1.98. The molecule has 5 heteroatoms. The topological polar surface area (TPSA) is 55.6 Å². The summed E-state index contributed by atoms with van der Waals surface area (Å²) in [6.07, 6.45) is 1.76. The van der Waals surface area contributed by atoms with Gasteiger partial charge in [0.15, 0.2) is 0 Å². The van der Waals surface area contributed by atoms with Crippen LogP contribution in [-0.2, 0) is 7.05 Å². The van der Waals surface area contributed by atoms with E-state index in [0.29, 0.717) is 5.95 Å². The van der Waals surface area contributed by atoms with Gasteiger partial charge >= 0.3 is 0 Å². The largest absolute Gasteiger partial charge is 0.324 e. The van der Waals surface area contributed by atoms with E-state index in [9.17, 15) is 0 Å². The summed E-state index contributed by atoms with van der Waals surface area (Å²) in [5.41, 5.74) is 4.98. The van der Waals surface area contributed by atoms with Crippen LogP contribution >= 0.6 is 0 Å². The van der Waals surface area contributed by atoms with Crippen LogP contribution in [0.5, 0.6) is 0 Å². The van der Waals surface area contributed by atoms with Crippen molar-refractivity contribution in [1.82, 2.24) is 19.7 Å². The third-order valence-electron chi connectivity index (χ3n) is 3.45. The summed E-state index contributed by atoms with van der Waals surface area (Å²) in [6, 6.07) is 11.8. The first-order chi connectivity index (χ1) is 10.1. The Morgan fingerprint density at radius 2 is 1.81 bits per heavy atom. The van der Waals surface area contributed by atoms with Crippen molar-refractivity contribution in [1.29, 1.82) is 0 Å². The van der Waals surface area contributed by atoms with Gasteiger partial charge in [0.1, 0.15) is 0 Å². The predicted octanol–water partition coefficient (Wildman–Crippen LogP) is 3.24. The van der Waals surface area contributed by atoms with E-state index in [0.717, 1.165) is 28.3 Å². The fraction of sp³-hybridized carbons (Fsp3) is 0.188. The summed E-state index contributed by atoms with van der Waals surface area (Å²) in [4.78, 5) is 8.87. The maximum atomic E-state index is 4.60. The number of hydrogen-bond acceptors (Lipinski definition) is 4. The van der Waals surface area contributed by atoms with Crippen molar-refractivity contribution < 1.29 is 0 Å². The lowest BCUT2D eigenvalue weighted by molar-refractivity contribution is 0.731. The molecule has 2 aromatic heterocycles. The second-order valence-electron chi connectivity index (χ2n) is 4.93. The molecule has 1 N–H and O–H groups in total. The van der Waals surface area contributed by atoms with Gasteiger partial charge in [-0.3, -0.25) is 4.68 Å². The summed E-state index contributed by atoms with van der Waals surface area (Å²) in [7, 11) is 1.94. The fourth-order valence-corrected chi connectivity index (χ4v) is 2.35. The average molecular weight is 279 g/mol. The molecule has 0 aliphatic rings. The molecule has 2 heterocycles. The standard InChI is InChI=1S/C16H17N5/c1-11-15(12(2)21(3)20-11)14-9-10-17-16(19-14)18-13-7-5-4-6-8-13/h4-10H,1-3H3,(H,17,18,19). The van der Waals surface area contributed by atoms with Crippen molar-refractivity contribution in [3.05, 3.63) is 54.0 Å². The van der Waals surface area contributed by atoms with Crippen molar-refractivity contribution >= 4 is 11.6 Å². The lowest BCUT2D eigenvalue weighted by Gasteiger charge is -2.06. The summed E-state index contributed by atoms with van der Waals surface area (Å²) in [6.45, 7) is 4.04. The van der Waals surface area contributed by atoms with E-state index in [1.165, 1.54) is 0 Å². The van der Waals surface area contributed by atoms with Crippen molar-refractivity contribution in [2.45, 2.75) is 13.8 Å². The van der Waals surface area contributed by atoms with Crippen molar-refractivity contribution in [2.75, 3.05) is 5.32 Å². The SMILES string of the molecule is Cc1nn(C)c(C)c1-c1ccnc(Nc2ccccc2)n1. The minimum absolute atomic E-state index is 0.585. The molecule has 106 valence electrons. The van der Waals surface area contributed by atoms with Gasteiger partial charge in [-0.25, -0.2) is 9.97 Å². The second kappa shape index (κ2) is 5.36. The number of benzene rings is 1. The Morgan fingerprint density at radius 1 is 1.05 bits per heavy atom. The number of anilines is 2. The molecule has 0 radical (unpaired) electrons. The van der Waals surface area contributed by atoms with E-state index >= 15 is 0 Å². The number of nitrogens with zero attached hydrogens (tertiary/aromatic N) is 4. The summed E-state index contributed by atoms with van der Waals surface area (Å²) >= 11 is 0. The molecule has 21 heavy (non-hydrogen) atoms. The van der Waals surface area contributed by atoms with Gasteiger partial charge in [-0.15, -0.1) is 0 Å². The predicted molar refractivity (Wildman–Crippen MR) is 83.4 cm³/mol. The van der Waals surface area contributed by atoms with Crippen LogP contribution in [0, 0.1) is 13.8 Å². The normalized spacial score (nSPS) is 10.6. The molecule has 0 atom stereocenters. The number of rotatable bonds is 3. The lowest BCUT2D eigenvalue weighted by atomic mass is 10.1. The number of hydrogen-bond donors (Lipinski definition) is 1. The van der Waals surface area contributed by atoms with E-state index < -0.39 is 0 Å². The van der Waals surface area contributed by atoms with E-state index in [4.69, 9.17) is 0 Å². The quantitative estimate of drug-likeness (QED) is 0.799. The Kier molecular flexibility index (Phi) is 3.39. The van der Waals surface area contributed by atoms with Crippen LogP contribution in [0.3, 0.4) is 0 Å². The van der Waals surface area contributed by atoms with Crippen LogP contribution in [-0.4, -0.2) is 19.7 Å². The molecule has 0 spiro atoms. The zero-order valence-electron chi connectivity index (χ0n) is 12.3. The third-order valence-corrected chi connectivity index (χ3v) is 3.45. The van der Waals surface area contributed by atoms with Gasteiger partial charge < -0.3 is 5.32 Å². The maximum absolute atomic E-state index is 4.60. The van der Waals surface area contributed by atoms with Gasteiger partial charge in [0.05, 0.1) is 11.4 Å². The number of aromatic nitrogens is 4. The molecule has 0 saturated carbocycles. The summed E-state index contributed by atoms with van der Waals surface area (Å²) in [5, 5.41) is 7.65. The molecule has 0 bridgehead atoms. The molecule has 0 fully saturated rings. The summed E-state index contributed by atoms with van der Waals surface area (Å²) in [5.74, 6) is 0.585. The Hall–Kier alpha value is -2.69. The average Bonchev–Trinajstić information content (AvgIpc) is 2.73. The van der Waals surface area contributed by atoms with Gasteiger partial charge in [-0.1, -0.05) is 18.2 Å². The van der Waals surface area contributed by atoms with Gasteiger partial charge in [0.25, 0.3) is 0 Å². The van der Waals surface area contributed by atoms with Crippen LogP contribution in [0.25, 0.3) is 11.3 Å². The Labute approximate surface area is 123 Å². The van der Waals surface area contributed by atoms with Crippen molar-refractivity contribution in [3.8, 4) is 11.3 Å². The molecular formula is C16H17N5. The van der Waals surface area contributed by atoms with E-state index in [1.54, 1.807) is 6.20 Å². The highest BCUT2D eigenvalue weighted by Crippen LogP contribution is 2.25. The molecular weight excluding hydrogens is 262 g/mol. The van der Waals surface area contributed by atoms with Crippen molar-refractivity contribution in [3.63, 3.8) is 0 Å². The molecule has 0 amide bonds. The highest BCUT2D eigenvalue weighted by Gasteiger charge is 2.13. The number of nitrogens with one attached hydrogen (secondary N) is 1. The van der Waals surface area contributed by atoms with Crippen LogP contribution in [0.15, 0.2) is 42.6 Å². The molecule has 0 aliphatic heterocycles. The van der Waals surface area contributed by atoms with Gasteiger partial charge in [0, 0.05) is 30.2 Å². The van der Waals surface area contributed by atoms with Crippen molar-refractivity contribution in [2.24, 2.45) is 7.05 Å². The monoisotopic (exact) mass is 279 g/mol. The smallest absolute Gasteiger partial charge is 0.227 e. The molecule has 0 aliphatic carbocycles. The molecule has 1 aromatic carbocycles. The van der Waals surface area contributed by atoms with E-state index in [1.807, 2.05) is 62.0 Å². The van der Waals surface area contributed by atoms with Crippen LogP contribution < -0.4 is 5.32 Å². The van der Waals surface area contributed by atoms with Gasteiger partial charge in [-0.2, -0.15) is 5.10 Å². The Balaban J connectivity index is 1.97. The first-order valence-electron chi connectivity index (χ1n) is 6.81. The first kappa shape index (κ1) is 13.3. The van der Waals surface area contributed by atoms with Crippen LogP contribution in [0.4, 0.5) is 11.6 Å². The molecule has 5 nitrogen and oxygen atoms in total. The fourth-order valence-electron chi connectivity index (χ4n) is 2.35. The highest BCUT2D eigenvalue weighted by molar-refractivity contribution is 5.66. The van der Waals surface area contributed by atoms with Crippen LogP contribution in [0.1, 0.15) is 11.4 Å². The van der Waals surface area contributed by atoms with Gasteiger partial charge in [-0.05, 0) is 32.0 Å². The van der Waals surface area contributed by atoms with E-state index in [-0.39, 0.29) is 0 Å². The number of para-hydroxylation sites is 1. The molecule has 3 rings (SSSR count). The molecule has 3 aromatic rings. The first-order valence-corrected chi connectivity index (χ1v) is 6.81. The Morgan fingerprint density at radius 3 is 2.48 bits per heavy atom. The zero-order chi connectivity index (χ0) is 14.8. The van der Waals surface area contributed by atoms with Crippen LogP contribution in [0.2, 0.25) is 0 Å². The molecule has 0 unspecified atom stereocenters. The maximum Gasteiger partial charge on any atom is 0.227 e. The summed E-state index contributed by atoms with van der Waals surface area (Å²) < 4.78 is 1.87. The zero-order valence-corrected chi connectivity index (χ0v) is 12.3. The molecule has 0 saturated heterocycles. The van der Waals surface area contributed by atoms with E-state index in [2.05, 4.69) is 20.4 Å². The Bertz CT molecular complexity index is 762. The minimum atomic E-state index is 0.585. The second-order valence-corrected chi connectivity index (χ2v) is 4.93. The highest BCUT2D eigenvalue weighted by atomic mass is 15.3. The third kappa shape index (κ3) is 2.63.